The van der Waals surface area contributed by atoms with E-state index >= 15 is 4.39 Å². The summed E-state index contributed by atoms with van der Waals surface area (Å²) in [5.41, 5.74) is 6.55. The number of halogens is 1. The molecule has 48 heavy (non-hydrogen) atoms. The number of hydrogen-bond donors (Lipinski definition) is 2. The van der Waals surface area contributed by atoms with E-state index in [0.29, 0.717) is 40.3 Å². The number of nitrogens with two attached hydrogens (primary N) is 1. The number of nitrogens with one attached hydrogen (secondary N) is 1. The zero-order valence-electron chi connectivity index (χ0n) is 27.3. The number of hydrogen-bond acceptors (Lipinski definition) is 9. The molecule has 3 aromatic carbocycles. The molecule has 13 heteroatoms. The number of methoxy groups -OCH3 is 1. The van der Waals surface area contributed by atoms with Gasteiger partial charge in [0.1, 0.15) is 29.2 Å². The topological polar surface area (TPSA) is 143 Å². The van der Waals surface area contributed by atoms with Crippen LogP contribution in [0.1, 0.15) is 23.0 Å². The average Bonchev–Trinajstić information content (AvgIpc) is 3.30. The van der Waals surface area contributed by atoms with Crippen LogP contribution < -0.4 is 26.1 Å². The minimum Gasteiger partial charge on any atom is -0.497 e. The highest BCUT2D eigenvalue weighted by Gasteiger charge is 2.27. The smallest absolute Gasteiger partial charge is 0.323 e. The van der Waals surface area contributed by atoms with Gasteiger partial charge in [0, 0.05) is 35.9 Å². The maximum Gasteiger partial charge on any atom is 0.323 e. The quantitative estimate of drug-likeness (QED) is 0.186. The Kier molecular flexibility index (Phi) is 10.2. The number of para-hydroxylation sites is 1. The molecule has 0 aliphatic heterocycles. The van der Waals surface area contributed by atoms with Crippen molar-refractivity contribution in [2.45, 2.75) is 32.5 Å². The number of nitrogens with zero attached hydrogens (tertiary/aromatic N) is 4. The summed E-state index contributed by atoms with van der Waals surface area (Å²) in [7, 11) is 5.20. The van der Waals surface area contributed by atoms with E-state index in [2.05, 4.69) is 10.3 Å². The number of ether oxygens (including phenoxy) is 3. The summed E-state index contributed by atoms with van der Waals surface area (Å²) in [6.45, 7) is 3.54. The van der Waals surface area contributed by atoms with Gasteiger partial charge in [0.05, 0.1) is 30.6 Å². The molecule has 2 unspecified atom stereocenters. The van der Waals surface area contributed by atoms with E-state index < -0.39 is 35.4 Å². The Balaban J connectivity index is 1.44. The van der Waals surface area contributed by atoms with Gasteiger partial charge in [-0.15, -0.1) is 0 Å². The highest BCUT2D eigenvalue weighted by Crippen LogP contribution is 2.33. The Morgan fingerprint density at radius 3 is 2.46 bits per heavy atom. The first-order valence-corrected chi connectivity index (χ1v) is 15.2. The van der Waals surface area contributed by atoms with E-state index in [0.717, 1.165) is 6.07 Å². The zero-order valence-corrected chi connectivity index (χ0v) is 27.3. The number of pyridine rings is 1. The van der Waals surface area contributed by atoms with E-state index in [-0.39, 0.29) is 23.5 Å². The third kappa shape index (κ3) is 7.37. The Morgan fingerprint density at radius 2 is 1.79 bits per heavy atom. The van der Waals surface area contributed by atoms with Gasteiger partial charge in [0.25, 0.3) is 11.5 Å². The van der Waals surface area contributed by atoms with Crippen LogP contribution in [-0.2, 0) is 16.1 Å². The Hall–Kier alpha value is -5.53. The molecule has 12 nitrogen and oxygen atoms in total. The molecular formula is C35H37FN6O6. The van der Waals surface area contributed by atoms with E-state index in [1.54, 1.807) is 79.5 Å². The molecule has 3 N–H and O–H groups in total. The van der Waals surface area contributed by atoms with Crippen LogP contribution in [0.15, 0.2) is 83.8 Å². The molecule has 0 saturated heterocycles. The number of aromatic nitrogens is 3. The van der Waals surface area contributed by atoms with Crippen LogP contribution in [0.3, 0.4) is 0 Å². The second-order valence-corrected chi connectivity index (χ2v) is 11.5. The van der Waals surface area contributed by atoms with Gasteiger partial charge in [0.2, 0.25) is 0 Å². The summed E-state index contributed by atoms with van der Waals surface area (Å²) in [5, 5.41) is 3.30. The fourth-order valence-corrected chi connectivity index (χ4v) is 5.25. The minimum atomic E-state index is -0.844. The van der Waals surface area contributed by atoms with E-state index in [1.165, 1.54) is 23.7 Å². The molecule has 250 valence electrons. The Labute approximate surface area is 276 Å². The van der Waals surface area contributed by atoms with Crippen molar-refractivity contribution in [1.82, 2.24) is 19.2 Å². The third-order valence-corrected chi connectivity index (χ3v) is 7.54. The van der Waals surface area contributed by atoms with Crippen molar-refractivity contribution in [3.05, 3.63) is 106 Å². The number of carbonyl (C=O) groups is 2. The van der Waals surface area contributed by atoms with Crippen molar-refractivity contribution < 1.29 is 28.2 Å². The largest absolute Gasteiger partial charge is 0.497 e. The Morgan fingerprint density at radius 1 is 1.04 bits per heavy atom. The lowest BCUT2D eigenvalue weighted by Gasteiger charge is -2.25. The lowest BCUT2D eigenvalue weighted by molar-refractivity contribution is -0.151. The third-order valence-electron chi connectivity index (χ3n) is 7.54. The van der Waals surface area contributed by atoms with Crippen molar-refractivity contribution >= 4 is 28.5 Å². The maximum atomic E-state index is 15.3. The number of likely N-dealkylation sites (N-methyl/N-ethyl adjacent to an activating group) is 1. The summed E-state index contributed by atoms with van der Waals surface area (Å²) in [6, 6.07) is 18.8. The van der Waals surface area contributed by atoms with Crippen LogP contribution in [-0.4, -0.2) is 71.0 Å². The summed E-state index contributed by atoms with van der Waals surface area (Å²) in [6.07, 6.45) is 0.849. The van der Waals surface area contributed by atoms with Crippen LogP contribution >= 0.6 is 0 Å². The van der Waals surface area contributed by atoms with Crippen LogP contribution in [0, 0.1) is 12.7 Å². The molecule has 0 aliphatic carbocycles. The predicted molar refractivity (Wildman–Crippen MR) is 180 cm³/mol. The molecule has 0 aliphatic rings. The second-order valence-electron chi connectivity index (χ2n) is 11.5. The number of amides is 1. The molecule has 0 spiro atoms. The molecule has 2 heterocycles. The fraction of sp³-hybridized carbons (Fsp3) is 0.257. The molecule has 5 aromatic rings. The highest BCUT2D eigenvalue weighted by atomic mass is 19.1. The molecule has 0 saturated carbocycles. The molecule has 2 atom stereocenters. The molecule has 1 amide bonds. The van der Waals surface area contributed by atoms with Crippen LogP contribution in [0.2, 0.25) is 0 Å². The number of carbonyl (C=O) groups excluding carboxylic acids is 2. The number of fused-ring (bicyclic) bond motifs is 1. The normalized spacial score (nSPS) is 12.5. The molecule has 0 radical (unpaired) electrons. The fourth-order valence-electron chi connectivity index (χ4n) is 5.25. The van der Waals surface area contributed by atoms with Crippen LogP contribution in [0.4, 0.5) is 10.1 Å². The van der Waals surface area contributed by atoms with Crippen molar-refractivity contribution in [3.63, 3.8) is 0 Å². The van der Waals surface area contributed by atoms with Gasteiger partial charge < -0.3 is 30.2 Å². The summed E-state index contributed by atoms with van der Waals surface area (Å²) in [5.74, 6) is -1.12. The van der Waals surface area contributed by atoms with Gasteiger partial charge in [-0.2, -0.15) is 0 Å². The van der Waals surface area contributed by atoms with E-state index in [1.807, 2.05) is 19.0 Å². The van der Waals surface area contributed by atoms with Gasteiger partial charge in [-0.25, -0.2) is 9.07 Å². The van der Waals surface area contributed by atoms with Gasteiger partial charge in [0.15, 0.2) is 11.6 Å². The van der Waals surface area contributed by atoms with Crippen molar-refractivity contribution in [3.8, 4) is 22.9 Å². The highest BCUT2D eigenvalue weighted by molar-refractivity contribution is 6.05. The molecule has 0 fully saturated rings. The number of benzene rings is 3. The first kappa shape index (κ1) is 33.8. The minimum absolute atomic E-state index is 0.0526. The van der Waals surface area contributed by atoms with E-state index in [9.17, 15) is 14.4 Å². The van der Waals surface area contributed by atoms with Gasteiger partial charge >= 0.3 is 5.97 Å². The molecular weight excluding hydrogens is 619 g/mol. The van der Waals surface area contributed by atoms with Crippen molar-refractivity contribution in [1.29, 1.82) is 0 Å². The van der Waals surface area contributed by atoms with Gasteiger partial charge in [-0.3, -0.25) is 24.0 Å². The van der Waals surface area contributed by atoms with Gasteiger partial charge in [-0.05, 0) is 70.4 Å². The lowest BCUT2D eigenvalue weighted by atomic mass is 10.2. The standard InChI is InChI=1S/C35H37FN6O6/c1-21(37)35(45)47-26(19-40(3)4)20-41-22(2)32(34(44)42(41)24-9-7-6-8-10-24)33(43)39-23-11-14-31(28(36)17-23)48-30-15-16-38-29-18-25(46-5)12-13-27(29)30/h6-18,21,26H,19-20,37H2,1-5H3,(H,39,43). The average molecular weight is 657 g/mol. The monoisotopic (exact) mass is 656 g/mol. The number of anilines is 1. The second kappa shape index (κ2) is 14.5. The van der Waals surface area contributed by atoms with Crippen molar-refractivity contribution in [2.75, 3.05) is 33.1 Å². The maximum absolute atomic E-state index is 15.3. The zero-order chi connectivity index (χ0) is 34.5. The van der Waals surface area contributed by atoms with Gasteiger partial charge in [-0.1, -0.05) is 18.2 Å². The first-order chi connectivity index (χ1) is 23.0. The molecule has 0 bridgehead atoms. The summed E-state index contributed by atoms with van der Waals surface area (Å²) in [4.78, 5) is 46.1. The molecule has 5 rings (SSSR count). The lowest BCUT2D eigenvalue weighted by Crippen LogP contribution is -2.40. The van der Waals surface area contributed by atoms with Crippen LogP contribution in [0.25, 0.3) is 16.6 Å². The summed E-state index contributed by atoms with van der Waals surface area (Å²) < 4.78 is 35.1. The first-order valence-electron chi connectivity index (χ1n) is 15.2. The van der Waals surface area contributed by atoms with E-state index in [4.69, 9.17) is 19.9 Å². The number of rotatable bonds is 12. The SMILES string of the molecule is COc1ccc2c(Oc3ccc(NC(=O)c4c(C)n(CC(CN(C)C)OC(=O)C(C)N)n(-c5ccccc5)c4=O)cc3F)ccnc2c1. The summed E-state index contributed by atoms with van der Waals surface area (Å²) >= 11 is 0. The predicted octanol–water partition coefficient (Wildman–Crippen LogP) is 4.51. The van der Waals surface area contributed by atoms with Crippen LogP contribution in [0.5, 0.6) is 17.2 Å². The Bertz CT molecular complexity index is 2010. The number of esters is 1. The van der Waals surface area contributed by atoms with Crippen molar-refractivity contribution in [2.24, 2.45) is 5.73 Å². The molecule has 2 aromatic heterocycles.